The zero-order valence-electron chi connectivity index (χ0n) is 35.5. The highest BCUT2D eigenvalue weighted by Gasteiger charge is 2.59. The summed E-state index contributed by atoms with van der Waals surface area (Å²) in [6.07, 6.45) is -11.1. The van der Waals surface area contributed by atoms with Gasteiger partial charge in [-0.2, -0.15) is 0 Å². The summed E-state index contributed by atoms with van der Waals surface area (Å²) in [5.74, 6) is -1.30. The van der Waals surface area contributed by atoms with Crippen LogP contribution in [0.5, 0.6) is 0 Å². The van der Waals surface area contributed by atoms with E-state index in [1.807, 2.05) is 91.0 Å². The number of hydrogen-bond acceptors (Lipinski definition) is 13. The highest BCUT2D eigenvalue weighted by molar-refractivity contribution is 6.74. The number of benzene rings is 3. The molecular weight excluding hydrogens is 791 g/mol. The predicted molar refractivity (Wildman–Crippen MR) is 220 cm³/mol. The lowest BCUT2D eigenvalue weighted by Crippen LogP contribution is -2.68. The van der Waals surface area contributed by atoms with Gasteiger partial charge in [-0.1, -0.05) is 124 Å². The van der Waals surface area contributed by atoms with E-state index in [4.69, 9.17) is 47.1 Å². The van der Waals surface area contributed by atoms with Gasteiger partial charge < -0.3 is 47.1 Å². The molecule has 60 heavy (non-hydrogen) atoms. The van der Waals surface area contributed by atoms with Gasteiger partial charge in [0.05, 0.1) is 26.9 Å². The molecule has 3 aliphatic heterocycles. The summed E-state index contributed by atoms with van der Waals surface area (Å²) in [6, 6.07) is 27.3. The largest absolute Gasteiger partial charge is 0.467 e. The molecule has 15 nitrogen and oxygen atoms in total. The Hall–Kier alpha value is -4.19. The minimum Gasteiger partial charge on any atom is -0.467 e. The van der Waals surface area contributed by atoms with Crippen LogP contribution in [-0.4, -0.2) is 95.3 Å². The fourth-order valence-electron chi connectivity index (χ4n) is 7.52. The third kappa shape index (κ3) is 10.5. The first-order valence-electron chi connectivity index (χ1n) is 20.3. The maximum Gasteiger partial charge on any atom is 0.339 e. The van der Waals surface area contributed by atoms with Crippen LogP contribution in [0.25, 0.3) is 10.4 Å². The molecule has 0 amide bonds. The van der Waals surface area contributed by atoms with Gasteiger partial charge in [-0.05, 0) is 40.7 Å². The van der Waals surface area contributed by atoms with E-state index >= 15 is 0 Å². The Morgan fingerprint density at radius 3 is 1.97 bits per heavy atom. The van der Waals surface area contributed by atoms with Gasteiger partial charge in [-0.3, -0.25) is 4.79 Å². The van der Waals surface area contributed by atoms with Crippen LogP contribution in [-0.2, 0) is 69.9 Å². The number of fused-ring (bicyclic) bond motifs is 1. The molecule has 0 N–H and O–H groups in total. The van der Waals surface area contributed by atoms with Crippen molar-refractivity contribution in [2.75, 3.05) is 13.7 Å². The SMILES string of the molecule is COC(=O)[C@@H]1O[C@H](O[Si](C)(C)C(C)(C)C(C)C)[C@H](O[C@H]2O[C@@H]3CO[C@@H](c4ccccc4)O[C@H]3[C@H](OCc3ccccc3)[C@H]2N=[N+]=[N-])[C@@H](OCc2ccccc2)[C@@H]1OC(C)=O. The zero-order chi connectivity index (χ0) is 43.0. The van der Waals surface area contributed by atoms with Crippen molar-refractivity contribution < 1.29 is 56.6 Å². The molecule has 6 rings (SSSR count). The first-order chi connectivity index (χ1) is 28.7. The number of carbonyl (C=O) groups excluding carboxylic acids is 2. The van der Waals surface area contributed by atoms with Gasteiger partial charge in [0.15, 0.2) is 39.4 Å². The van der Waals surface area contributed by atoms with Crippen molar-refractivity contribution in [1.82, 2.24) is 0 Å². The third-order valence-electron chi connectivity index (χ3n) is 12.1. The maximum atomic E-state index is 13.5. The quantitative estimate of drug-likeness (QED) is 0.0456. The van der Waals surface area contributed by atoms with Gasteiger partial charge >= 0.3 is 11.9 Å². The molecule has 0 bridgehead atoms. The van der Waals surface area contributed by atoms with E-state index in [9.17, 15) is 15.1 Å². The van der Waals surface area contributed by atoms with E-state index in [1.165, 1.54) is 14.0 Å². The van der Waals surface area contributed by atoms with Crippen LogP contribution >= 0.6 is 0 Å². The topological polar surface area (TPSA) is 175 Å². The summed E-state index contributed by atoms with van der Waals surface area (Å²) in [5, 5.41) is 3.91. The van der Waals surface area contributed by atoms with Gasteiger partial charge in [0.2, 0.25) is 0 Å². The molecule has 0 radical (unpaired) electrons. The number of ether oxygens (including phenoxy) is 9. The van der Waals surface area contributed by atoms with Crippen molar-refractivity contribution in [1.29, 1.82) is 0 Å². The standard InChI is InChI=1S/C44H57N3O12Si/c1-27(2)44(4,5)60(7,8)59-43-39(36(52-25-30-20-14-10-15-21-30)37(54-28(3)48)38(57-43)40(49)50-6)58-42-33(46-47-45)35(51-24-29-18-12-9-13-19-29)34-32(55-42)26-53-41(56-34)31-22-16-11-17-23-31/h9-23,27,32-39,41-43H,24-26H2,1-8H3/t32-,33-,34-,35-,36+,37+,38-,39-,41-,42-,43-/m1/s1. The molecule has 0 unspecified atom stereocenters. The second kappa shape index (κ2) is 20.1. The summed E-state index contributed by atoms with van der Waals surface area (Å²) >= 11 is 0. The second-order valence-corrected chi connectivity index (χ2v) is 21.1. The van der Waals surface area contributed by atoms with Crippen molar-refractivity contribution in [3.05, 3.63) is 118 Å². The Balaban J connectivity index is 1.43. The Kier molecular flexibility index (Phi) is 15.2. The van der Waals surface area contributed by atoms with Crippen LogP contribution in [0.4, 0.5) is 0 Å². The lowest BCUT2D eigenvalue weighted by atomic mass is 9.94. The Morgan fingerprint density at radius 2 is 1.42 bits per heavy atom. The first kappa shape index (κ1) is 45.3. The number of nitrogens with zero attached hydrogens (tertiary/aromatic N) is 3. The van der Waals surface area contributed by atoms with Crippen LogP contribution in [0.3, 0.4) is 0 Å². The number of azide groups is 1. The van der Waals surface area contributed by atoms with Gasteiger partial charge in [0, 0.05) is 17.4 Å². The summed E-state index contributed by atoms with van der Waals surface area (Å²) in [4.78, 5) is 29.6. The van der Waals surface area contributed by atoms with Crippen molar-refractivity contribution in [2.45, 2.75) is 134 Å². The molecule has 0 spiro atoms. The maximum absolute atomic E-state index is 13.5. The van der Waals surface area contributed by atoms with E-state index in [1.54, 1.807) is 0 Å². The van der Waals surface area contributed by atoms with E-state index < -0.39 is 87.9 Å². The molecule has 3 fully saturated rings. The molecule has 3 aromatic carbocycles. The Morgan fingerprint density at radius 1 is 0.833 bits per heavy atom. The average molecular weight is 848 g/mol. The highest BCUT2D eigenvalue weighted by atomic mass is 28.4. The number of rotatable bonds is 16. The molecule has 3 aliphatic rings. The zero-order valence-corrected chi connectivity index (χ0v) is 36.5. The normalized spacial score (nSPS) is 29.5. The van der Waals surface area contributed by atoms with Crippen LogP contribution in [0, 0.1) is 5.92 Å². The molecule has 3 heterocycles. The number of esters is 2. The van der Waals surface area contributed by atoms with Crippen LogP contribution in [0.15, 0.2) is 96.1 Å². The summed E-state index contributed by atoms with van der Waals surface area (Å²) in [5.41, 5.74) is 12.6. The van der Waals surface area contributed by atoms with E-state index in [0.717, 1.165) is 16.7 Å². The Bertz CT molecular complexity index is 1900. The van der Waals surface area contributed by atoms with Gasteiger partial charge in [-0.25, -0.2) is 4.79 Å². The lowest BCUT2D eigenvalue weighted by molar-refractivity contribution is -0.374. The van der Waals surface area contributed by atoms with Crippen LogP contribution in [0.1, 0.15) is 57.6 Å². The first-order valence-corrected chi connectivity index (χ1v) is 23.2. The average Bonchev–Trinajstić information content (AvgIpc) is 3.24. The van der Waals surface area contributed by atoms with Crippen molar-refractivity contribution in [2.24, 2.45) is 11.0 Å². The molecular formula is C44H57N3O12Si. The van der Waals surface area contributed by atoms with E-state index in [2.05, 4.69) is 50.8 Å². The predicted octanol–water partition coefficient (Wildman–Crippen LogP) is 7.55. The number of hydrogen-bond donors (Lipinski definition) is 0. The number of methoxy groups -OCH3 is 1. The van der Waals surface area contributed by atoms with Crippen molar-refractivity contribution in [3.63, 3.8) is 0 Å². The fraction of sp³-hybridized carbons (Fsp3) is 0.545. The molecule has 16 heteroatoms. The smallest absolute Gasteiger partial charge is 0.339 e. The van der Waals surface area contributed by atoms with Gasteiger partial charge in [-0.15, -0.1) is 0 Å². The summed E-state index contributed by atoms with van der Waals surface area (Å²) in [7, 11) is -1.59. The van der Waals surface area contributed by atoms with Crippen molar-refractivity contribution >= 4 is 20.3 Å². The molecule has 0 saturated carbocycles. The minimum atomic E-state index is -2.81. The molecule has 0 aromatic heterocycles. The third-order valence-corrected chi connectivity index (χ3v) is 16.6. The summed E-state index contributed by atoms with van der Waals surface area (Å²) in [6.45, 7) is 14.1. The lowest BCUT2D eigenvalue weighted by Gasteiger charge is -2.52. The molecule has 11 atom stereocenters. The van der Waals surface area contributed by atoms with E-state index in [-0.39, 0.29) is 30.8 Å². The van der Waals surface area contributed by atoms with Gasteiger partial charge in [0.1, 0.15) is 36.6 Å². The fourth-order valence-corrected chi connectivity index (χ4v) is 9.98. The molecule has 3 saturated heterocycles. The highest BCUT2D eigenvalue weighted by Crippen LogP contribution is 2.47. The molecule has 0 aliphatic carbocycles. The van der Waals surface area contributed by atoms with Crippen LogP contribution < -0.4 is 0 Å². The van der Waals surface area contributed by atoms with Crippen LogP contribution in [0.2, 0.25) is 18.1 Å². The van der Waals surface area contributed by atoms with E-state index in [0.29, 0.717) is 0 Å². The second-order valence-electron chi connectivity index (χ2n) is 16.6. The summed E-state index contributed by atoms with van der Waals surface area (Å²) < 4.78 is 64.3. The minimum absolute atomic E-state index is 0.0312. The number of carbonyl (C=O) groups is 2. The molecule has 3 aromatic rings. The van der Waals surface area contributed by atoms with Gasteiger partial charge in [0.25, 0.3) is 0 Å². The Labute approximate surface area is 352 Å². The molecule has 324 valence electrons. The van der Waals surface area contributed by atoms with Crippen molar-refractivity contribution in [3.8, 4) is 0 Å². The monoisotopic (exact) mass is 847 g/mol.